The first kappa shape index (κ1) is 18.4. The number of anilines is 1. The molecule has 0 atom stereocenters. The lowest BCUT2D eigenvalue weighted by atomic mass is 10.1. The Balaban J connectivity index is 1.70. The van der Waals surface area contributed by atoms with E-state index in [-0.39, 0.29) is 18.5 Å². The van der Waals surface area contributed by atoms with Gasteiger partial charge in [-0.3, -0.25) is 14.4 Å². The lowest BCUT2D eigenvalue weighted by Gasteiger charge is -2.17. The number of hydrogen-bond acceptors (Lipinski definition) is 4. The van der Waals surface area contributed by atoms with Crippen molar-refractivity contribution < 1.29 is 18.8 Å². The van der Waals surface area contributed by atoms with Crippen LogP contribution in [-0.2, 0) is 14.4 Å². The van der Waals surface area contributed by atoms with Crippen LogP contribution in [0.3, 0.4) is 0 Å². The van der Waals surface area contributed by atoms with Gasteiger partial charge in [0.2, 0.25) is 5.91 Å². The summed E-state index contributed by atoms with van der Waals surface area (Å²) in [6.07, 6.45) is 0. The number of nitrogens with zero attached hydrogens (tertiary/aromatic N) is 1. The first-order valence-corrected chi connectivity index (χ1v) is 8.62. The molecule has 1 heterocycles. The highest BCUT2D eigenvalue weighted by molar-refractivity contribution is 6.39. The highest BCUT2D eigenvalue weighted by atomic mass is 16.3. The predicted molar refractivity (Wildman–Crippen MR) is 103 cm³/mol. The number of nitrogens with one attached hydrogen (secondary N) is 2. The zero-order chi connectivity index (χ0) is 19.6. The van der Waals surface area contributed by atoms with Gasteiger partial charge in [-0.15, -0.1) is 0 Å². The Bertz CT molecular complexity index is 1020. The summed E-state index contributed by atoms with van der Waals surface area (Å²) in [5.74, 6) is -1.93. The Morgan fingerprint density at radius 3 is 2.48 bits per heavy atom. The number of para-hydroxylation sites is 1. The Labute approximate surface area is 156 Å². The molecule has 140 valence electrons. The van der Waals surface area contributed by atoms with Crippen molar-refractivity contribution in [1.29, 1.82) is 0 Å². The molecule has 7 heteroatoms. The minimum atomic E-state index is -0.815. The maximum Gasteiger partial charge on any atom is 0.313 e. The molecule has 3 aromatic rings. The average molecular weight is 367 g/mol. The number of furan rings is 1. The summed E-state index contributed by atoms with van der Waals surface area (Å²) < 4.78 is 5.77. The fraction of sp³-hybridized carbons (Fsp3) is 0.250. The molecule has 2 aromatic carbocycles. The van der Waals surface area contributed by atoms with Crippen LogP contribution in [0.15, 0.2) is 46.9 Å². The third-order valence-electron chi connectivity index (χ3n) is 4.01. The van der Waals surface area contributed by atoms with E-state index in [0.717, 1.165) is 21.3 Å². The topological polar surface area (TPSA) is 91.7 Å². The summed E-state index contributed by atoms with van der Waals surface area (Å²) in [5, 5.41) is 7.14. The van der Waals surface area contributed by atoms with Crippen LogP contribution in [0.4, 0.5) is 5.69 Å². The summed E-state index contributed by atoms with van der Waals surface area (Å²) >= 11 is 0. The molecule has 0 saturated heterocycles. The molecule has 0 aliphatic rings. The van der Waals surface area contributed by atoms with Crippen LogP contribution in [0.1, 0.15) is 13.8 Å². The summed E-state index contributed by atoms with van der Waals surface area (Å²) in [5.41, 5.74) is 1.81. The normalized spacial score (nSPS) is 11.0. The number of amides is 3. The summed E-state index contributed by atoms with van der Waals surface area (Å²) in [4.78, 5) is 37.2. The van der Waals surface area contributed by atoms with Gasteiger partial charge in [-0.1, -0.05) is 18.2 Å². The lowest BCUT2D eigenvalue weighted by molar-refractivity contribution is -0.143. The summed E-state index contributed by atoms with van der Waals surface area (Å²) in [6.45, 7) is 3.45. The largest absolute Gasteiger partial charge is 0.456 e. The smallest absolute Gasteiger partial charge is 0.313 e. The van der Waals surface area contributed by atoms with E-state index < -0.39 is 11.8 Å². The molecule has 0 aliphatic carbocycles. The molecule has 0 radical (unpaired) electrons. The van der Waals surface area contributed by atoms with E-state index in [4.69, 9.17) is 4.42 Å². The zero-order valence-corrected chi connectivity index (χ0v) is 15.4. The number of rotatable bonds is 4. The zero-order valence-electron chi connectivity index (χ0n) is 15.4. The van der Waals surface area contributed by atoms with Gasteiger partial charge in [0.1, 0.15) is 11.2 Å². The number of carbonyl (C=O) groups is 3. The monoisotopic (exact) mass is 367 g/mol. The van der Waals surface area contributed by atoms with Crippen LogP contribution in [0.25, 0.3) is 21.9 Å². The van der Waals surface area contributed by atoms with Crippen molar-refractivity contribution in [2.24, 2.45) is 0 Å². The second-order valence-corrected chi connectivity index (χ2v) is 6.65. The molecule has 0 unspecified atom stereocenters. The van der Waals surface area contributed by atoms with E-state index in [1.54, 1.807) is 12.1 Å². The molecule has 2 N–H and O–H groups in total. The molecule has 0 spiro atoms. The van der Waals surface area contributed by atoms with Crippen molar-refractivity contribution in [1.82, 2.24) is 10.2 Å². The highest BCUT2D eigenvalue weighted by Gasteiger charge is 2.21. The van der Waals surface area contributed by atoms with Crippen LogP contribution in [-0.4, -0.2) is 42.3 Å². The van der Waals surface area contributed by atoms with Crippen molar-refractivity contribution in [3.63, 3.8) is 0 Å². The number of hydrogen-bond donors (Lipinski definition) is 2. The second kappa shape index (κ2) is 7.49. The van der Waals surface area contributed by atoms with Gasteiger partial charge in [-0.05, 0) is 32.0 Å². The van der Waals surface area contributed by atoms with Gasteiger partial charge in [0, 0.05) is 35.6 Å². The van der Waals surface area contributed by atoms with Crippen molar-refractivity contribution in [2.75, 3.05) is 18.9 Å². The van der Waals surface area contributed by atoms with E-state index in [2.05, 4.69) is 10.6 Å². The molecule has 3 amide bonds. The standard InChI is InChI=1S/C20H21N3O4/c1-12(2)21-18(24)11-23(3)20(26)19(25)22-13-8-9-15-14-6-4-5-7-16(14)27-17(15)10-13/h4-10,12H,11H2,1-3H3,(H,21,24)(H,22,25). The maximum absolute atomic E-state index is 12.2. The average Bonchev–Trinajstić information content (AvgIpc) is 2.97. The quantitative estimate of drug-likeness (QED) is 0.693. The Morgan fingerprint density at radius 1 is 1.04 bits per heavy atom. The SMILES string of the molecule is CC(C)NC(=O)CN(C)C(=O)C(=O)Nc1ccc2c(c1)oc1ccccc12. The molecule has 0 saturated carbocycles. The fourth-order valence-corrected chi connectivity index (χ4v) is 2.82. The second-order valence-electron chi connectivity index (χ2n) is 6.65. The molecule has 0 fully saturated rings. The minimum absolute atomic E-state index is 0.0367. The van der Waals surface area contributed by atoms with E-state index in [1.807, 2.05) is 44.2 Å². The van der Waals surface area contributed by atoms with Crippen LogP contribution in [0.2, 0.25) is 0 Å². The van der Waals surface area contributed by atoms with Gasteiger partial charge >= 0.3 is 11.8 Å². The van der Waals surface area contributed by atoms with Gasteiger partial charge in [-0.2, -0.15) is 0 Å². The Kier molecular flexibility index (Phi) is 5.12. The van der Waals surface area contributed by atoms with Crippen molar-refractivity contribution in [3.05, 3.63) is 42.5 Å². The van der Waals surface area contributed by atoms with Gasteiger partial charge in [0.15, 0.2) is 0 Å². The molecule has 3 rings (SSSR count). The highest BCUT2D eigenvalue weighted by Crippen LogP contribution is 2.30. The third-order valence-corrected chi connectivity index (χ3v) is 4.01. The van der Waals surface area contributed by atoms with E-state index in [1.165, 1.54) is 7.05 Å². The van der Waals surface area contributed by atoms with E-state index in [0.29, 0.717) is 11.3 Å². The van der Waals surface area contributed by atoms with Crippen molar-refractivity contribution >= 4 is 45.3 Å². The summed E-state index contributed by atoms with van der Waals surface area (Å²) in [6, 6.07) is 12.8. The molecular formula is C20H21N3O4. The Morgan fingerprint density at radius 2 is 1.74 bits per heavy atom. The van der Waals surface area contributed by atoms with Crippen LogP contribution < -0.4 is 10.6 Å². The van der Waals surface area contributed by atoms with Crippen molar-refractivity contribution in [3.8, 4) is 0 Å². The minimum Gasteiger partial charge on any atom is -0.456 e. The lowest BCUT2D eigenvalue weighted by Crippen LogP contribution is -2.44. The molecular weight excluding hydrogens is 346 g/mol. The van der Waals surface area contributed by atoms with Crippen LogP contribution in [0, 0.1) is 0 Å². The van der Waals surface area contributed by atoms with E-state index >= 15 is 0 Å². The van der Waals surface area contributed by atoms with Gasteiger partial charge < -0.3 is 20.0 Å². The first-order chi connectivity index (χ1) is 12.8. The van der Waals surface area contributed by atoms with E-state index in [9.17, 15) is 14.4 Å². The van der Waals surface area contributed by atoms with Gasteiger partial charge in [-0.25, -0.2) is 0 Å². The number of fused-ring (bicyclic) bond motifs is 3. The van der Waals surface area contributed by atoms with Gasteiger partial charge in [0.25, 0.3) is 0 Å². The molecule has 7 nitrogen and oxygen atoms in total. The van der Waals surface area contributed by atoms with Gasteiger partial charge in [0.05, 0.1) is 6.54 Å². The fourth-order valence-electron chi connectivity index (χ4n) is 2.82. The summed E-state index contributed by atoms with van der Waals surface area (Å²) in [7, 11) is 1.41. The first-order valence-electron chi connectivity index (χ1n) is 8.62. The van der Waals surface area contributed by atoms with Crippen molar-refractivity contribution in [2.45, 2.75) is 19.9 Å². The molecule has 27 heavy (non-hydrogen) atoms. The number of likely N-dealkylation sites (N-methyl/N-ethyl adjacent to an activating group) is 1. The molecule has 1 aromatic heterocycles. The number of carbonyl (C=O) groups excluding carboxylic acids is 3. The van der Waals surface area contributed by atoms with Crippen LogP contribution in [0.5, 0.6) is 0 Å². The molecule has 0 bridgehead atoms. The molecule has 0 aliphatic heterocycles. The third kappa shape index (κ3) is 4.08. The predicted octanol–water partition coefficient (Wildman–Crippen LogP) is 2.51. The maximum atomic E-state index is 12.2. The Hall–Kier alpha value is -3.35. The van der Waals surface area contributed by atoms with Crippen LogP contribution >= 0.6 is 0 Å². The number of benzene rings is 2.